The van der Waals surface area contributed by atoms with Crippen molar-refractivity contribution in [3.05, 3.63) is 20.3 Å². The average molecular weight is 263 g/mol. The minimum atomic E-state index is 0. The van der Waals surface area contributed by atoms with Crippen LogP contribution in [0.4, 0.5) is 0 Å². The van der Waals surface area contributed by atoms with E-state index in [-0.39, 0.29) is 12.4 Å². The van der Waals surface area contributed by atoms with Crippen LogP contribution in [0.2, 0.25) is 8.67 Å². The molecule has 0 unspecified atom stereocenters. The molecule has 13 heavy (non-hydrogen) atoms. The molecule has 1 heterocycles. The second kappa shape index (κ2) is 6.87. The van der Waals surface area contributed by atoms with Crippen LogP contribution in [0, 0.1) is 0 Å². The van der Waals surface area contributed by atoms with E-state index in [0.717, 1.165) is 27.2 Å². The molecule has 6 heteroatoms. The first-order chi connectivity index (χ1) is 5.74. The summed E-state index contributed by atoms with van der Waals surface area (Å²) >= 11 is 13.0. The molecule has 0 saturated heterocycles. The highest BCUT2D eigenvalue weighted by molar-refractivity contribution is 7.20. The Kier molecular flexibility index (Phi) is 7.13. The maximum Gasteiger partial charge on any atom is 0.0976 e. The zero-order valence-corrected chi connectivity index (χ0v) is 10.1. The van der Waals surface area contributed by atoms with Gasteiger partial charge in [0, 0.05) is 6.54 Å². The maximum atomic E-state index is 5.89. The van der Waals surface area contributed by atoms with Gasteiger partial charge in [0.1, 0.15) is 0 Å². The molecule has 0 aliphatic carbocycles. The molecular weight excluding hydrogens is 253 g/mol. The van der Waals surface area contributed by atoms with Gasteiger partial charge in [0.15, 0.2) is 0 Å². The second-order valence-electron chi connectivity index (χ2n) is 2.20. The third kappa shape index (κ3) is 4.49. The van der Waals surface area contributed by atoms with Crippen molar-refractivity contribution in [2.75, 3.05) is 13.7 Å². The number of nitrogens with one attached hydrogen (secondary N) is 1. The van der Waals surface area contributed by atoms with E-state index in [2.05, 4.69) is 10.3 Å². The van der Waals surface area contributed by atoms with Gasteiger partial charge in [0.25, 0.3) is 0 Å². The zero-order valence-electron chi connectivity index (χ0n) is 6.97. The third-order valence-electron chi connectivity index (χ3n) is 1.37. The van der Waals surface area contributed by atoms with Gasteiger partial charge in [-0.3, -0.25) is 0 Å². The lowest BCUT2D eigenvalue weighted by molar-refractivity contribution is 0.0928. The fraction of sp³-hybridized carbons (Fsp3) is 0.429. The van der Waals surface area contributed by atoms with Crippen LogP contribution in [0.3, 0.4) is 0 Å². The first-order valence-electron chi connectivity index (χ1n) is 3.43. The quantitative estimate of drug-likeness (QED) is 0.665. The summed E-state index contributed by atoms with van der Waals surface area (Å²) in [5.74, 6) is 0. The summed E-state index contributed by atoms with van der Waals surface area (Å²) in [5.41, 5.74) is 3.80. The Bertz CT molecular complexity index is 254. The molecule has 76 valence electrons. The number of rotatable bonds is 4. The highest BCUT2D eigenvalue weighted by atomic mass is 35.5. The number of hydrogen-bond acceptors (Lipinski definition) is 3. The molecule has 0 aliphatic rings. The van der Waals surface area contributed by atoms with Gasteiger partial charge in [-0.15, -0.1) is 23.7 Å². The Morgan fingerprint density at radius 3 is 2.69 bits per heavy atom. The average Bonchev–Trinajstić information content (AvgIpc) is 2.31. The Morgan fingerprint density at radius 2 is 2.23 bits per heavy atom. The monoisotopic (exact) mass is 261 g/mol. The molecule has 1 aromatic heterocycles. The lowest BCUT2D eigenvalue weighted by atomic mass is 10.2. The van der Waals surface area contributed by atoms with Crippen molar-refractivity contribution in [3.8, 4) is 0 Å². The second-order valence-corrected chi connectivity index (χ2v) is 4.48. The minimum Gasteiger partial charge on any atom is -0.305 e. The lowest BCUT2D eigenvalue weighted by Crippen LogP contribution is -2.14. The van der Waals surface area contributed by atoms with Gasteiger partial charge in [0.2, 0.25) is 0 Å². The highest BCUT2D eigenvalue weighted by Crippen LogP contribution is 2.31. The SMILES string of the molecule is CONCCc1cc(Cl)sc1Cl.Cl. The van der Waals surface area contributed by atoms with Gasteiger partial charge in [0.05, 0.1) is 15.8 Å². The topological polar surface area (TPSA) is 21.3 Å². The molecule has 0 aliphatic heterocycles. The van der Waals surface area contributed by atoms with E-state index < -0.39 is 0 Å². The molecular formula is C7H10Cl3NOS. The van der Waals surface area contributed by atoms with E-state index in [0.29, 0.717) is 0 Å². The summed E-state index contributed by atoms with van der Waals surface area (Å²) in [4.78, 5) is 4.69. The van der Waals surface area contributed by atoms with Crippen molar-refractivity contribution in [2.24, 2.45) is 0 Å². The van der Waals surface area contributed by atoms with E-state index in [1.807, 2.05) is 6.07 Å². The van der Waals surface area contributed by atoms with Crippen molar-refractivity contribution in [2.45, 2.75) is 6.42 Å². The smallest absolute Gasteiger partial charge is 0.0976 e. The van der Waals surface area contributed by atoms with Gasteiger partial charge in [-0.2, -0.15) is 0 Å². The number of hydrogen-bond donors (Lipinski definition) is 1. The zero-order chi connectivity index (χ0) is 8.97. The molecule has 1 aromatic rings. The molecule has 0 atom stereocenters. The summed E-state index contributed by atoms with van der Waals surface area (Å²) in [6.07, 6.45) is 0.829. The first kappa shape index (κ1) is 13.5. The van der Waals surface area contributed by atoms with Crippen LogP contribution in [-0.2, 0) is 11.3 Å². The minimum absolute atomic E-state index is 0. The molecule has 0 fully saturated rings. The van der Waals surface area contributed by atoms with Crippen molar-refractivity contribution >= 4 is 46.9 Å². The van der Waals surface area contributed by atoms with Crippen LogP contribution >= 0.6 is 46.9 Å². The fourth-order valence-corrected chi connectivity index (χ4v) is 2.38. The maximum absolute atomic E-state index is 5.89. The summed E-state index contributed by atoms with van der Waals surface area (Å²) < 4.78 is 1.49. The van der Waals surface area contributed by atoms with Crippen molar-refractivity contribution in [3.63, 3.8) is 0 Å². The van der Waals surface area contributed by atoms with Crippen LogP contribution in [0.25, 0.3) is 0 Å². The standard InChI is InChI=1S/C7H9Cl2NOS.ClH/c1-11-10-3-2-5-4-6(8)12-7(5)9;/h4,10H,2-3H2,1H3;1H. The van der Waals surface area contributed by atoms with Gasteiger partial charge >= 0.3 is 0 Å². The predicted octanol–water partition coefficient (Wildman–Crippen LogP) is 3.17. The van der Waals surface area contributed by atoms with Crippen molar-refractivity contribution in [1.82, 2.24) is 5.48 Å². The fourth-order valence-electron chi connectivity index (χ4n) is 0.833. The molecule has 0 bridgehead atoms. The van der Waals surface area contributed by atoms with Crippen molar-refractivity contribution < 1.29 is 4.84 Å². The van der Waals surface area contributed by atoms with Crippen LogP contribution < -0.4 is 5.48 Å². The molecule has 0 saturated carbocycles. The molecule has 1 rings (SSSR count). The predicted molar refractivity (Wildman–Crippen MR) is 60.3 cm³/mol. The normalized spacial score (nSPS) is 9.77. The van der Waals surface area contributed by atoms with Crippen LogP contribution in [0.5, 0.6) is 0 Å². The Labute approximate surface area is 97.5 Å². The summed E-state index contributed by atoms with van der Waals surface area (Å²) in [5, 5.41) is 0. The van der Waals surface area contributed by atoms with Crippen LogP contribution in [0.1, 0.15) is 5.56 Å². The first-order valence-corrected chi connectivity index (χ1v) is 5.01. The number of thiophene rings is 1. The van der Waals surface area contributed by atoms with Gasteiger partial charge in [-0.1, -0.05) is 23.2 Å². The van der Waals surface area contributed by atoms with Crippen LogP contribution in [0.15, 0.2) is 6.07 Å². The Hall–Kier alpha value is 0.490. The third-order valence-corrected chi connectivity index (χ3v) is 2.94. The molecule has 2 nitrogen and oxygen atoms in total. The van der Waals surface area contributed by atoms with Gasteiger partial charge in [-0.05, 0) is 18.1 Å². The van der Waals surface area contributed by atoms with Gasteiger partial charge < -0.3 is 4.84 Å². The lowest BCUT2D eigenvalue weighted by Gasteiger charge is -1.99. The van der Waals surface area contributed by atoms with E-state index in [1.54, 1.807) is 7.11 Å². The van der Waals surface area contributed by atoms with E-state index in [1.165, 1.54) is 11.3 Å². The molecule has 0 aromatic carbocycles. The summed E-state index contributed by atoms with van der Waals surface area (Å²) in [7, 11) is 1.59. The van der Waals surface area contributed by atoms with Crippen LogP contribution in [-0.4, -0.2) is 13.7 Å². The molecule has 1 N–H and O–H groups in total. The van der Waals surface area contributed by atoms with E-state index in [9.17, 15) is 0 Å². The molecule has 0 spiro atoms. The summed E-state index contributed by atoms with van der Waals surface area (Å²) in [6, 6.07) is 1.88. The molecule has 0 radical (unpaired) electrons. The molecule has 0 amide bonds. The van der Waals surface area contributed by atoms with Gasteiger partial charge in [-0.25, -0.2) is 5.48 Å². The highest BCUT2D eigenvalue weighted by Gasteiger charge is 2.04. The number of halogens is 3. The van der Waals surface area contributed by atoms with Crippen molar-refractivity contribution in [1.29, 1.82) is 0 Å². The Balaban J connectivity index is 0.00000144. The largest absolute Gasteiger partial charge is 0.305 e. The summed E-state index contributed by atoms with van der Waals surface area (Å²) in [6.45, 7) is 0.739. The number of hydroxylamine groups is 1. The van der Waals surface area contributed by atoms with E-state index in [4.69, 9.17) is 23.2 Å². The van der Waals surface area contributed by atoms with E-state index >= 15 is 0 Å². The Morgan fingerprint density at radius 1 is 1.54 bits per heavy atom.